The number of pyridine rings is 1. The summed E-state index contributed by atoms with van der Waals surface area (Å²) in [5, 5.41) is 13.6. The highest BCUT2D eigenvalue weighted by Gasteiger charge is 2.15. The number of para-hydroxylation sites is 1. The van der Waals surface area contributed by atoms with Gasteiger partial charge in [-0.05, 0) is 68.1 Å². The van der Waals surface area contributed by atoms with Crippen LogP contribution in [0.2, 0.25) is 0 Å². The Morgan fingerprint density at radius 1 is 1.03 bits per heavy atom. The van der Waals surface area contributed by atoms with E-state index in [1.54, 1.807) is 0 Å². The van der Waals surface area contributed by atoms with Crippen molar-refractivity contribution in [3.05, 3.63) is 59.7 Å². The van der Waals surface area contributed by atoms with Gasteiger partial charge in [0, 0.05) is 29.9 Å². The maximum atomic E-state index is 12.7. The van der Waals surface area contributed by atoms with Crippen LogP contribution >= 0.6 is 11.8 Å². The lowest BCUT2D eigenvalue weighted by Gasteiger charge is -2.19. The summed E-state index contributed by atoms with van der Waals surface area (Å²) < 4.78 is 2.02. The van der Waals surface area contributed by atoms with Gasteiger partial charge in [-0.25, -0.2) is 0 Å². The minimum Gasteiger partial charge on any atom is -0.372 e. The molecule has 0 spiro atoms. The Hall–Kier alpha value is -3.06. The Kier molecular flexibility index (Phi) is 5.28. The smallest absolute Gasteiger partial charge is 0.234 e. The highest BCUT2D eigenvalue weighted by atomic mass is 32.2. The van der Waals surface area contributed by atoms with Crippen LogP contribution in [0.25, 0.3) is 16.6 Å². The van der Waals surface area contributed by atoms with Crippen molar-refractivity contribution < 1.29 is 4.79 Å². The van der Waals surface area contributed by atoms with E-state index in [4.69, 9.17) is 0 Å². The first kappa shape index (κ1) is 19.9. The molecule has 0 bridgehead atoms. The number of aromatic nitrogens is 3. The first-order chi connectivity index (χ1) is 15.1. The fourth-order valence-corrected chi connectivity index (χ4v) is 5.00. The van der Waals surface area contributed by atoms with Crippen molar-refractivity contribution in [2.24, 2.45) is 0 Å². The van der Waals surface area contributed by atoms with E-state index < -0.39 is 0 Å². The zero-order valence-electron chi connectivity index (χ0n) is 17.8. The van der Waals surface area contributed by atoms with E-state index in [0.717, 1.165) is 51.6 Å². The highest BCUT2D eigenvalue weighted by Crippen LogP contribution is 2.27. The number of thioether (sulfide) groups is 1. The molecule has 31 heavy (non-hydrogen) atoms. The van der Waals surface area contributed by atoms with Gasteiger partial charge in [0.25, 0.3) is 0 Å². The summed E-state index contributed by atoms with van der Waals surface area (Å²) in [4.78, 5) is 15.1. The molecule has 1 aliphatic rings. The number of nitrogens with one attached hydrogen (secondary N) is 1. The number of fused-ring (bicyclic) bond motifs is 3. The first-order valence-electron chi connectivity index (χ1n) is 10.6. The van der Waals surface area contributed by atoms with Gasteiger partial charge in [0.15, 0.2) is 10.8 Å². The van der Waals surface area contributed by atoms with Gasteiger partial charge in [0.2, 0.25) is 5.91 Å². The summed E-state index contributed by atoms with van der Waals surface area (Å²) in [5.41, 5.74) is 6.20. The number of amides is 1. The van der Waals surface area contributed by atoms with Crippen LogP contribution in [0.3, 0.4) is 0 Å². The van der Waals surface area contributed by atoms with Crippen molar-refractivity contribution in [2.45, 2.75) is 31.8 Å². The second-order valence-corrected chi connectivity index (χ2v) is 8.99. The van der Waals surface area contributed by atoms with Gasteiger partial charge in [-0.15, -0.1) is 10.2 Å². The Morgan fingerprint density at radius 3 is 2.65 bits per heavy atom. The number of hydrogen-bond acceptors (Lipinski definition) is 5. The molecule has 0 aliphatic carbocycles. The lowest BCUT2D eigenvalue weighted by Crippen LogP contribution is -2.18. The average Bonchev–Trinajstić information content (AvgIpc) is 3.44. The fraction of sp³-hybridized carbons (Fsp3) is 0.292. The molecule has 0 atom stereocenters. The van der Waals surface area contributed by atoms with Crippen molar-refractivity contribution in [3.63, 3.8) is 0 Å². The molecule has 3 heterocycles. The first-order valence-corrected chi connectivity index (χ1v) is 11.6. The summed E-state index contributed by atoms with van der Waals surface area (Å²) in [6, 6.07) is 16.5. The summed E-state index contributed by atoms with van der Waals surface area (Å²) in [7, 11) is 0. The van der Waals surface area contributed by atoms with Crippen molar-refractivity contribution in [1.82, 2.24) is 14.6 Å². The number of benzene rings is 2. The number of nitrogens with zero attached hydrogens (tertiary/aromatic N) is 4. The minimum atomic E-state index is -0.0461. The van der Waals surface area contributed by atoms with Crippen LogP contribution in [0.1, 0.15) is 24.0 Å². The van der Waals surface area contributed by atoms with Crippen molar-refractivity contribution in [1.29, 1.82) is 0 Å². The zero-order valence-corrected chi connectivity index (χ0v) is 18.6. The number of carbonyl (C=O) groups is 1. The standard InChI is InChI=1S/C24H25N5OS/c1-16-14-22-26-27-24(29(22)21-8-4-3-7-19(16)21)31-15-23(30)25-20-10-9-18(13-17(20)2)28-11-5-6-12-28/h3-4,7-10,13-14H,5-6,11-12,15H2,1-2H3,(H,25,30). The maximum absolute atomic E-state index is 12.7. The number of anilines is 2. The van der Waals surface area contributed by atoms with Gasteiger partial charge in [0.05, 0.1) is 11.3 Å². The second-order valence-electron chi connectivity index (χ2n) is 8.05. The largest absolute Gasteiger partial charge is 0.372 e. The van der Waals surface area contributed by atoms with E-state index >= 15 is 0 Å². The molecule has 1 N–H and O–H groups in total. The van der Waals surface area contributed by atoms with Crippen LogP contribution in [-0.2, 0) is 4.79 Å². The molecule has 1 saturated heterocycles. The van der Waals surface area contributed by atoms with Crippen molar-refractivity contribution in [3.8, 4) is 0 Å². The molecule has 0 saturated carbocycles. The van der Waals surface area contributed by atoms with E-state index in [-0.39, 0.29) is 11.7 Å². The van der Waals surface area contributed by atoms with Crippen LogP contribution < -0.4 is 10.2 Å². The van der Waals surface area contributed by atoms with Crippen LogP contribution in [0.15, 0.2) is 53.7 Å². The number of aryl methyl sites for hydroxylation is 2. The number of carbonyl (C=O) groups excluding carboxylic acids is 1. The Labute approximate surface area is 185 Å². The molecule has 2 aromatic heterocycles. The lowest BCUT2D eigenvalue weighted by atomic mass is 10.1. The topological polar surface area (TPSA) is 62.5 Å². The molecule has 5 rings (SSSR count). The second kappa shape index (κ2) is 8.23. The predicted octanol–water partition coefficient (Wildman–Crippen LogP) is 4.83. The van der Waals surface area contributed by atoms with Gasteiger partial charge in [-0.1, -0.05) is 30.0 Å². The number of rotatable bonds is 5. The Balaban J connectivity index is 1.31. The SMILES string of the molecule is Cc1cc(N2CCCC2)ccc1NC(=O)CSc1nnc2cc(C)c3ccccc3n12. The van der Waals surface area contributed by atoms with Crippen LogP contribution in [-0.4, -0.2) is 39.3 Å². The summed E-state index contributed by atoms with van der Waals surface area (Å²) in [6.45, 7) is 6.35. The van der Waals surface area contributed by atoms with Gasteiger partial charge >= 0.3 is 0 Å². The van der Waals surface area contributed by atoms with Gasteiger partial charge < -0.3 is 10.2 Å². The molecule has 1 fully saturated rings. The quantitative estimate of drug-likeness (QED) is 0.459. The van der Waals surface area contributed by atoms with E-state index in [9.17, 15) is 4.79 Å². The molecule has 4 aromatic rings. The van der Waals surface area contributed by atoms with E-state index in [2.05, 4.69) is 51.6 Å². The monoisotopic (exact) mass is 431 g/mol. The molecule has 6 nitrogen and oxygen atoms in total. The molecular weight excluding hydrogens is 406 g/mol. The molecule has 7 heteroatoms. The molecule has 2 aromatic carbocycles. The summed E-state index contributed by atoms with van der Waals surface area (Å²) in [5.74, 6) is 0.228. The third kappa shape index (κ3) is 3.85. The lowest BCUT2D eigenvalue weighted by molar-refractivity contribution is -0.113. The van der Waals surface area contributed by atoms with Crippen LogP contribution in [0, 0.1) is 13.8 Å². The molecule has 1 aliphatic heterocycles. The van der Waals surface area contributed by atoms with Gasteiger partial charge in [-0.2, -0.15) is 0 Å². The summed E-state index contributed by atoms with van der Waals surface area (Å²) in [6.07, 6.45) is 2.50. The van der Waals surface area contributed by atoms with E-state index in [0.29, 0.717) is 0 Å². The third-order valence-electron chi connectivity index (χ3n) is 5.86. The van der Waals surface area contributed by atoms with Gasteiger partial charge in [0.1, 0.15) is 0 Å². The zero-order chi connectivity index (χ0) is 21.4. The number of hydrogen-bond donors (Lipinski definition) is 1. The maximum Gasteiger partial charge on any atom is 0.234 e. The molecule has 1 amide bonds. The Bertz CT molecular complexity index is 1280. The molecule has 158 valence electrons. The van der Waals surface area contributed by atoms with Gasteiger partial charge in [-0.3, -0.25) is 9.20 Å². The average molecular weight is 432 g/mol. The van der Waals surface area contributed by atoms with Crippen molar-refractivity contribution >= 4 is 45.6 Å². The van der Waals surface area contributed by atoms with Crippen LogP contribution in [0.5, 0.6) is 0 Å². The third-order valence-corrected chi connectivity index (χ3v) is 6.79. The fourth-order valence-electron chi connectivity index (χ4n) is 4.24. The molecular formula is C24H25N5OS. The van der Waals surface area contributed by atoms with E-state index in [1.165, 1.54) is 30.3 Å². The molecule has 0 unspecified atom stereocenters. The van der Waals surface area contributed by atoms with Crippen LogP contribution in [0.4, 0.5) is 11.4 Å². The predicted molar refractivity (Wildman–Crippen MR) is 127 cm³/mol. The normalized spacial score (nSPS) is 13.9. The minimum absolute atomic E-state index is 0.0461. The molecule has 0 radical (unpaired) electrons. The summed E-state index contributed by atoms with van der Waals surface area (Å²) >= 11 is 1.40. The highest BCUT2D eigenvalue weighted by molar-refractivity contribution is 7.99. The van der Waals surface area contributed by atoms with Crippen molar-refractivity contribution in [2.75, 3.05) is 29.1 Å². The van der Waals surface area contributed by atoms with E-state index in [1.807, 2.05) is 35.6 Å². The Morgan fingerprint density at radius 2 is 1.84 bits per heavy atom.